The lowest BCUT2D eigenvalue weighted by Gasteiger charge is -2.38. The third-order valence-corrected chi connectivity index (χ3v) is 5.37. The molecular formula is C20H22BrNO3. The minimum Gasteiger partial charge on any atom is -0.497 e. The van der Waals surface area contributed by atoms with E-state index in [1.54, 1.807) is 7.11 Å². The summed E-state index contributed by atoms with van der Waals surface area (Å²) in [6.45, 7) is 2.01. The molecule has 1 amide bonds. The number of carbonyl (C=O) groups excluding carboxylic acids is 1. The fourth-order valence-electron chi connectivity index (χ4n) is 3.23. The average molecular weight is 404 g/mol. The molecule has 2 aromatic carbocycles. The van der Waals surface area contributed by atoms with Gasteiger partial charge in [0.1, 0.15) is 5.75 Å². The molecule has 0 saturated carbocycles. The van der Waals surface area contributed by atoms with Crippen LogP contribution in [-0.4, -0.2) is 32.8 Å². The second-order valence-electron chi connectivity index (χ2n) is 6.31. The molecule has 4 nitrogen and oxygen atoms in total. The van der Waals surface area contributed by atoms with Gasteiger partial charge in [-0.05, 0) is 54.8 Å². The van der Waals surface area contributed by atoms with Crippen molar-refractivity contribution in [2.75, 3.05) is 26.9 Å². The molecule has 0 aromatic heterocycles. The van der Waals surface area contributed by atoms with Crippen molar-refractivity contribution >= 4 is 21.8 Å². The van der Waals surface area contributed by atoms with Crippen LogP contribution in [0.3, 0.4) is 0 Å². The van der Waals surface area contributed by atoms with Crippen molar-refractivity contribution in [3.8, 4) is 5.75 Å². The van der Waals surface area contributed by atoms with Gasteiger partial charge in [-0.3, -0.25) is 4.79 Å². The number of rotatable bonds is 5. The first-order chi connectivity index (χ1) is 12.1. The summed E-state index contributed by atoms with van der Waals surface area (Å²) in [7, 11) is 1.66. The predicted octanol–water partition coefficient (Wildman–Crippen LogP) is 3.94. The Bertz CT molecular complexity index is 707. The Kier molecular flexibility index (Phi) is 5.76. The smallest absolute Gasteiger partial charge is 0.251 e. The van der Waals surface area contributed by atoms with Crippen LogP contribution in [0.4, 0.5) is 0 Å². The normalized spacial score (nSPS) is 16.2. The molecule has 3 rings (SSSR count). The van der Waals surface area contributed by atoms with Gasteiger partial charge >= 0.3 is 0 Å². The largest absolute Gasteiger partial charge is 0.497 e. The summed E-state index contributed by atoms with van der Waals surface area (Å²) < 4.78 is 11.8. The Balaban J connectivity index is 1.76. The highest BCUT2D eigenvalue weighted by atomic mass is 79.9. The summed E-state index contributed by atoms with van der Waals surface area (Å²) in [4.78, 5) is 12.5. The molecular weight excluding hydrogens is 382 g/mol. The maximum Gasteiger partial charge on any atom is 0.251 e. The predicted molar refractivity (Wildman–Crippen MR) is 101 cm³/mol. The maximum absolute atomic E-state index is 12.5. The van der Waals surface area contributed by atoms with Crippen LogP contribution in [0.5, 0.6) is 5.75 Å². The number of hydrogen-bond donors (Lipinski definition) is 1. The van der Waals surface area contributed by atoms with Crippen molar-refractivity contribution in [3.05, 3.63) is 64.1 Å². The van der Waals surface area contributed by atoms with E-state index < -0.39 is 0 Å². The van der Waals surface area contributed by atoms with Crippen LogP contribution in [0.1, 0.15) is 28.8 Å². The molecule has 1 aliphatic heterocycles. The van der Waals surface area contributed by atoms with E-state index in [4.69, 9.17) is 9.47 Å². The maximum atomic E-state index is 12.5. The highest BCUT2D eigenvalue weighted by Crippen LogP contribution is 2.35. The summed E-state index contributed by atoms with van der Waals surface area (Å²) in [5.41, 5.74) is 1.78. The lowest BCUT2D eigenvalue weighted by atomic mass is 9.74. The fraction of sp³-hybridized carbons (Fsp3) is 0.350. The van der Waals surface area contributed by atoms with Gasteiger partial charge in [0, 0.05) is 35.2 Å². The molecule has 1 fully saturated rings. The van der Waals surface area contributed by atoms with Crippen LogP contribution in [0.15, 0.2) is 53.0 Å². The molecule has 0 spiro atoms. The van der Waals surface area contributed by atoms with E-state index in [0.717, 1.165) is 23.1 Å². The Morgan fingerprint density at radius 1 is 1.12 bits per heavy atom. The molecule has 0 bridgehead atoms. The van der Waals surface area contributed by atoms with E-state index in [1.807, 2.05) is 36.4 Å². The van der Waals surface area contributed by atoms with Gasteiger partial charge in [0.05, 0.1) is 7.11 Å². The zero-order valence-corrected chi connectivity index (χ0v) is 15.8. The molecule has 0 radical (unpaired) electrons. The molecule has 1 N–H and O–H groups in total. The molecule has 0 atom stereocenters. The number of ether oxygens (including phenoxy) is 2. The third kappa shape index (κ3) is 4.22. The molecule has 0 aliphatic carbocycles. The number of carbonyl (C=O) groups is 1. The van der Waals surface area contributed by atoms with Crippen molar-refractivity contribution < 1.29 is 14.3 Å². The second-order valence-corrected chi connectivity index (χ2v) is 7.23. The highest BCUT2D eigenvalue weighted by Gasteiger charge is 2.35. The zero-order valence-electron chi connectivity index (χ0n) is 14.3. The molecule has 132 valence electrons. The second kappa shape index (κ2) is 8.02. The van der Waals surface area contributed by atoms with Crippen molar-refractivity contribution in [1.82, 2.24) is 5.32 Å². The topological polar surface area (TPSA) is 47.6 Å². The van der Waals surface area contributed by atoms with Crippen LogP contribution in [-0.2, 0) is 10.2 Å². The number of hydrogen-bond acceptors (Lipinski definition) is 3. The first kappa shape index (κ1) is 18.0. The van der Waals surface area contributed by atoms with E-state index >= 15 is 0 Å². The number of halogens is 1. The Labute approximate surface area is 156 Å². The Hall–Kier alpha value is -1.85. The standard InChI is InChI=1S/C20H22BrNO3/c1-24-18-8-4-16(5-9-18)20(10-12-25-13-11-20)14-22-19(23)15-2-6-17(21)7-3-15/h2-9H,10-14H2,1H3,(H,22,23). The Morgan fingerprint density at radius 2 is 1.76 bits per heavy atom. The van der Waals surface area contributed by atoms with E-state index in [1.165, 1.54) is 5.56 Å². The SMILES string of the molecule is COc1ccc(C2(CNC(=O)c3ccc(Br)cc3)CCOCC2)cc1. The van der Waals surface area contributed by atoms with E-state index in [2.05, 4.69) is 33.4 Å². The first-order valence-electron chi connectivity index (χ1n) is 8.39. The van der Waals surface area contributed by atoms with Gasteiger partial charge in [0.2, 0.25) is 0 Å². The van der Waals surface area contributed by atoms with E-state index in [0.29, 0.717) is 25.3 Å². The molecule has 1 heterocycles. The summed E-state index contributed by atoms with van der Waals surface area (Å²) >= 11 is 3.39. The van der Waals surface area contributed by atoms with Crippen LogP contribution in [0.25, 0.3) is 0 Å². The lowest BCUT2D eigenvalue weighted by Crippen LogP contribution is -2.44. The lowest BCUT2D eigenvalue weighted by molar-refractivity contribution is 0.0487. The number of nitrogens with one attached hydrogen (secondary N) is 1. The molecule has 1 saturated heterocycles. The van der Waals surface area contributed by atoms with Crippen LogP contribution in [0.2, 0.25) is 0 Å². The van der Waals surface area contributed by atoms with E-state index in [-0.39, 0.29) is 11.3 Å². The third-order valence-electron chi connectivity index (χ3n) is 4.85. The van der Waals surface area contributed by atoms with Gasteiger partial charge in [-0.2, -0.15) is 0 Å². The van der Waals surface area contributed by atoms with Crippen molar-refractivity contribution in [2.24, 2.45) is 0 Å². The molecule has 2 aromatic rings. The quantitative estimate of drug-likeness (QED) is 0.822. The van der Waals surface area contributed by atoms with Crippen LogP contribution < -0.4 is 10.1 Å². The van der Waals surface area contributed by atoms with Gasteiger partial charge in [-0.1, -0.05) is 28.1 Å². The van der Waals surface area contributed by atoms with Crippen molar-refractivity contribution in [3.63, 3.8) is 0 Å². The molecule has 25 heavy (non-hydrogen) atoms. The highest BCUT2D eigenvalue weighted by molar-refractivity contribution is 9.10. The minimum absolute atomic E-state index is 0.0492. The molecule has 1 aliphatic rings. The van der Waals surface area contributed by atoms with Gasteiger partial charge in [0.15, 0.2) is 0 Å². The fourth-order valence-corrected chi connectivity index (χ4v) is 3.49. The van der Waals surface area contributed by atoms with Crippen molar-refractivity contribution in [1.29, 1.82) is 0 Å². The molecule has 0 unspecified atom stereocenters. The summed E-state index contributed by atoms with van der Waals surface area (Å²) in [6.07, 6.45) is 1.78. The summed E-state index contributed by atoms with van der Waals surface area (Å²) in [5, 5.41) is 3.11. The first-order valence-corrected chi connectivity index (χ1v) is 9.18. The van der Waals surface area contributed by atoms with Gasteiger partial charge in [-0.25, -0.2) is 0 Å². The average Bonchev–Trinajstić information content (AvgIpc) is 2.67. The summed E-state index contributed by atoms with van der Waals surface area (Å²) in [6, 6.07) is 15.5. The number of benzene rings is 2. The number of methoxy groups -OCH3 is 1. The monoisotopic (exact) mass is 403 g/mol. The number of amides is 1. The Morgan fingerprint density at radius 3 is 2.36 bits per heavy atom. The zero-order chi connectivity index (χ0) is 17.7. The molecule has 5 heteroatoms. The van der Waals surface area contributed by atoms with Gasteiger partial charge in [0.25, 0.3) is 5.91 Å². The minimum atomic E-state index is -0.102. The van der Waals surface area contributed by atoms with E-state index in [9.17, 15) is 4.79 Å². The summed E-state index contributed by atoms with van der Waals surface area (Å²) in [5.74, 6) is 0.789. The van der Waals surface area contributed by atoms with Gasteiger partial charge < -0.3 is 14.8 Å². The van der Waals surface area contributed by atoms with Crippen molar-refractivity contribution in [2.45, 2.75) is 18.3 Å². The van der Waals surface area contributed by atoms with Crippen LogP contribution in [0, 0.1) is 0 Å². The van der Waals surface area contributed by atoms with Gasteiger partial charge in [-0.15, -0.1) is 0 Å². The van der Waals surface area contributed by atoms with Crippen LogP contribution >= 0.6 is 15.9 Å².